The molecule has 5 heteroatoms. The Balaban J connectivity index is 1.77. The van der Waals surface area contributed by atoms with E-state index in [1.54, 1.807) is 11.8 Å². The van der Waals surface area contributed by atoms with Crippen molar-refractivity contribution in [1.82, 2.24) is 10.2 Å². The maximum Gasteiger partial charge on any atom is 0.309 e. The van der Waals surface area contributed by atoms with Crippen LogP contribution in [-0.4, -0.2) is 47.6 Å². The van der Waals surface area contributed by atoms with Gasteiger partial charge in [-0.25, -0.2) is 0 Å². The van der Waals surface area contributed by atoms with Gasteiger partial charge < -0.3 is 15.3 Å². The Kier molecular flexibility index (Phi) is 3.38. The lowest BCUT2D eigenvalue weighted by atomic mass is 9.80. The molecule has 5 nitrogen and oxygen atoms in total. The normalized spacial score (nSPS) is 23.5. The second kappa shape index (κ2) is 4.64. The highest BCUT2D eigenvalue weighted by molar-refractivity contribution is 5.79. The van der Waals surface area contributed by atoms with E-state index in [1.165, 1.54) is 12.8 Å². The quantitative estimate of drug-likeness (QED) is 0.748. The van der Waals surface area contributed by atoms with Crippen LogP contribution in [0.1, 0.15) is 32.6 Å². The second-order valence-electron chi connectivity index (χ2n) is 5.40. The van der Waals surface area contributed by atoms with Crippen LogP contribution >= 0.6 is 0 Å². The Labute approximate surface area is 101 Å². The van der Waals surface area contributed by atoms with Crippen molar-refractivity contribution < 1.29 is 14.7 Å². The first-order valence-corrected chi connectivity index (χ1v) is 6.26. The zero-order chi connectivity index (χ0) is 12.5. The number of rotatable bonds is 4. The topological polar surface area (TPSA) is 69.6 Å². The summed E-state index contributed by atoms with van der Waals surface area (Å²) in [4.78, 5) is 24.7. The van der Waals surface area contributed by atoms with E-state index in [9.17, 15) is 9.59 Å². The predicted octanol–water partition coefficient (Wildman–Crippen LogP) is 0.452. The first-order valence-electron chi connectivity index (χ1n) is 6.26. The number of piperidine rings is 1. The summed E-state index contributed by atoms with van der Waals surface area (Å²) in [6.45, 7) is 3.29. The highest BCUT2D eigenvalue weighted by Gasteiger charge is 2.38. The van der Waals surface area contributed by atoms with E-state index in [0.29, 0.717) is 38.5 Å². The lowest BCUT2D eigenvalue weighted by Gasteiger charge is -2.36. The number of nitrogens with zero attached hydrogens (tertiary/aromatic N) is 1. The summed E-state index contributed by atoms with van der Waals surface area (Å²) in [6, 6.07) is 0.535. The van der Waals surface area contributed by atoms with Gasteiger partial charge in [0.2, 0.25) is 5.91 Å². The zero-order valence-corrected chi connectivity index (χ0v) is 10.2. The minimum atomic E-state index is -0.749. The maximum atomic E-state index is 11.8. The van der Waals surface area contributed by atoms with Crippen LogP contribution in [0.5, 0.6) is 0 Å². The molecule has 2 fully saturated rings. The van der Waals surface area contributed by atoms with Gasteiger partial charge in [-0.15, -0.1) is 0 Å². The number of aliphatic carboxylic acids is 1. The Bertz CT molecular complexity index is 318. The van der Waals surface area contributed by atoms with Crippen molar-refractivity contribution in [2.75, 3.05) is 19.6 Å². The molecule has 0 aromatic rings. The largest absolute Gasteiger partial charge is 0.481 e. The molecule has 1 saturated carbocycles. The van der Waals surface area contributed by atoms with Gasteiger partial charge in [0.05, 0.1) is 12.0 Å². The number of carbonyl (C=O) groups is 2. The van der Waals surface area contributed by atoms with Crippen LogP contribution in [0.15, 0.2) is 0 Å². The van der Waals surface area contributed by atoms with Crippen molar-refractivity contribution in [2.24, 2.45) is 5.41 Å². The Morgan fingerprint density at radius 1 is 1.35 bits per heavy atom. The molecule has 0 aromatic heterocycles. The fourth-order valence-electron chi connectivity index (χ4n) is 2.09. The van der Waals surface area contributed by atoms with Crippen molar-refractivity contribution >= 4 is 11.9 Å². The molecule has 0 aromatic carbocycles. The van der Waals surface area contributed by atoms with Crippen LogP contribution in [0.25, 0.3) is 0 Å². The number of carbonyl (C=O) groups excluding carboxylic acids is 1. The zero-order valence-electron chi connectivity index (χ0n) is 10.2. The van der Waals surface area contributed by atoms with E-state index in [0.717, 1.165) is 0 Å². The SMILES string of the molecule is CC1(C(=O)O)CCN(C(=O)CNC2CC2)CC1. The molecule has 2 rings (SSSR count). The molecule has 1 saturated heterocycles. The Morgan fingerprint density at radius 3 is 2.41 bits per heavy atom. The van der Waals surface area contributed by atoms with Crippen LogP contribution in [0.3, 0.4) is 0 Å². The average Bonchev–Trinajstić information content (AvgIpc) is 3.10. The molecule has 17 heavy (non-hydrogen) atoms. The minimum absolute atomic E-state index is 0.101. The molecule has 0 radical (unpaired) electrons. The summed E-state index contributed by atoms with van der Waals surface area (Å²) in [7, 11) is 0. The summed E-state index contributed by atoms with van der Waals surface area (Å²) in [5.74, 6) is -0.648. The van der Waals surface area contributed by atoms with E-state index in [2.05, 4.69) is 5.32 Å². The van der Waals surface area contributed by atoms with Crippen LogP contribution in [0.4, 0.5) is 0 Å². The first kappa shape index (κ1) is 12.4. The fraction of sp³-hybridized carbons (Fsp3) is 0.833. The van der Waals surface area contributed by atoms with Gasteiger partial charge in [0, 0.05) is 19.1 Å². The molecule has 96 valence electrons. The molecule has 1 aliphatic carbocycles. The number of carboxylic acids is 1. The second-order valence-corrected chi connectivity index (χ2v) is 5.40. The van der Waals surface area contributed by atoms with Crippen molar-refractivity contribution in [1.29, 1.82) is 0 Å². The summed E-state index contributed by atoms with van der Waals surface area (Å²) >= 11 is 0. The molecule has 0 atom stereocenters. The molecule has 1 heterocycles. The first-order chi connectivity index (χ1) is 8.01. The molecule has 2 N–H and O–H groups in total. The number of likely N-dealkylation sites (tertiary alicyclic amines) is 1. The van der Waals surface area contributed by atoms with Crippen LogP contribution in [-0.2, 0) is 9.59 Å². The summed E-state index contributed by atoms with van der Waals surface area (Å²) in [6.07, 6.45) is 3.45. The molecular weight excluding hydrogens is 220 g/mol. The van der Waals surface area contributed by atoms with Crippen molar-refractivity contribution in [3.8, 4) is 0 Å². The van der Waals surface area contributed by atoms with Gasteiger partial charge in [0.25, 0.3) is 0 Å². The van der Waals surface area contributed by atoms with Crippen LogP contribution in [0, 0.1) is 5.41 Å². The highest BCUT2D eigenvalue weighted by Crippen LogP contribution is 2.31. The number of nitrogens with one attached hydrogen (secondary N) is 1. The minimum Gasteiger partial charge on any atom is -0.481 e. The Hall–Kier alpha value is -1.10. The third-order valence-electron chi connectivity index (χ3n) is 3.86. The van der Waals surface area contributed by atoms with E-state index in [1.807, 2.05) is 0 Å². The molecule has 0 spiro atoms. The van der Waals surface area contributed by atoms with Gasteiger partial charge in [0.1, 0.15) is 0 Å². The van der Waals surface area contributed by atoms with Gasteiger partial charge in [-0.3, -0.25) is 9.59 Å². The molecule has 2 aliphatic rings. The van der Waals surface area contributed by atoms with Crippen molar-refractivity contribution in [3.05, 3.63) is 0 Å². The summed E-state index contributed by atoms with van der Waals surface area (Å²) in [5.41, 5.74) is -0.652. The van der Waals surface area contributed by atoms with E-state index < -0.39 is 11.4 Å². The summed E-state index contributed by atoms with van der Waals surface area (Å²) < 4.78 is 0. The van der Waals surface area contributed by atoms with Gasteiger partial charge in [-0.05, 0) is 32.6 Å². The monoisotopic (exact) mass is 240 g/mol. The maximum absolute atomic E-state index is 11.8. The molecule has 1 amide bonds. The number of carboxylic acid groups (broad SMARTS) is 1. The smallest absolute Gasteiger partial charge is 0.309 e. The highest BCUT2D eigenvalue weighted by atomic mass is 16.4. The van der Waals surface area contributed by atoms with E-state index in [-0.39, 0.29) is 5.91 Å². The van der Waals surface area contributed by atoms with Gasteiger partial charge in [-0.2, -0.15) is 0 Å². The standard InChI is InChI=1S/C12H20N2O3/c1-12(11(16)17)4-6-14(7-5-12)10(15)8-13-9-2-3-9/h9,13H,2-8H2,1H3,(H,16,17). The average molecular weight is 240 g/mol. The van der Waals surface area contributed by atoms with Gasteiger partial charge in [-0.1, -0.05) is 0 Å². The lowest BCUT2D eigenvalue weighted by Crippen LogP contribution is -2.47. The van der Waals surface area contributed by atoms with E-state index in [4.69, 9.17) is 5.11 Å². The van der Waals surface area contributed by atoms with E-state index >= 15 is 0 Å². The third kappa shape index (κ3) is 2.97. The number of hydrogen-bond acceptors (Lipinski definition) is 3. The predicted molar refractivity (Wildman–Crippen MR) is 62.6 cm³/mol. The molecule has 0 bridgehead atoms. The number of hydrogen-bond donors (Lipinski definition) is 2. The molecule has 0 unspecified atom stereocenters. The summed E-state index contributed by atoms with van der Waals surface area (Å²) in [5, 5.41) is 12.3. The molecular formula is C12H20N2O3. The van der Waals surface area contributed by atoms with Crippen LogP contribution in [0.2, 0.25) is 0 Å². The Morgan fingerprint density at radius 2 is 1.94 bits per heavy atom. The van der Waals surface area contributed by atoms with Crippen molar-refractivity contribution in [3.63, 3.8) is 0 Å². The molecule has 1 aliphatic heterocycles. The van der Waals surface area contributed by atoms with Gasteiger partial charge in [0.15, 0.2) is 0 Å². The van der Waals surface area contributed by atoms with Gasteiger partial charge >= 0.3 is 5.97 Å². The van der Waals surface area contributed by atoms with Crippen LogP contribution < -0.4 is 5.32 Å². The third-order valence-corrected chi connectivity index (χ3v) is 3.86. The fourth-order valence-corrected chi connectivity index (χ4v) is 2.09. The lowest BCUT2D eigenvalue weighted by molar-refractivity contribution is -0.152. The number of amides is 1. The van der Waals surface area contributed by atoms with Crippen molar-refractivity contribution in [2.45, 2.75) is 38.6 Å².